The summed E-state index contributed by atoms with van der Waals surface area (Å²) in [5, 5.41) is 11.9. The summed E-state index contributed by atoms with van der Waals surface area (Å²) < 4.78 is 36.2. The van der Waals surface area contributed by atoms with Crippen molar-refractivity contribution in [2.75, 3.05) is 11.9 Å². The number of carbonyl (C=O) groups is 1. The summed E-state index contributed by atoms with van der Waals surface area (Å²) in [6.45, 7) is 5.16. The van der Waals surface area contributed by atoms with Crippen LogP contribution in [0.25, 0.3) is 11.3 Å². The molecule has 4 aromatic rings. The van der Waals surface area contributed by atoms with Gasteiger partial charge >= 0.3 is 5.69 Å². The number of amides is 1. The second-order valence-corrected chi connectivity index (χ2v) is 9.99. The number of nitrogens with zero attached hydrogens (tertiary/aromatic N) is 4. The Balaban J connectivity index is 1.58. The zero-order valence-corrected chi connectivity index (χ0v) is 24.1. The van der Waals surface area contributed by atoms with Crippen LogP contribution in [0.15, 0.2) is 87.8 Å². The highest BCUT2D eigenvalue weighted by Crippen LogP contribution is 2.28. The number of halogens is 2. The van der Waals surface area contributed by atoms with Crippen LogP contribution in [0.2, 0.25) is 0 Å². The average Bonchev–Trinajstić information content (AvgIpc) is 2.97. The molecule has 0 aliphatic heterocycles. The molecule has 0 radical (unpaired) electrons. The van der Waals surface area contributed by atoms with Gasteiger partial charge in [0, 0.05) is 54.2 Å². The number of hydrogen-bond donors (Lipinski definition) is 3. The molecule has 0 fully saturated rings. The molecule has 0 saturated carbocycles. The molecular formula is C31H30F2N6O5. The van der Waals surface area contributed by atoms with Crippen molar-refractivity contribution in [3.63, 3.8) is 0 Å². The van der Waals surface area contributed by atoms with E-state index in [1.54, 1.807) is 20.8 Å². The van der Waals surface area contributed by atoms with E-state index in [0.29, 0.717) is 11.3 Å². The Morgan fingerprint density at radius 1 is 1.11 bits per heavy atom. The van der Waals surface area contributed by atoms with Crippen molar-refractivity contribution in [1.82, 2.24) is 14.1 Å². The summed E-state index contributed by atoms with van der Waals surface area (Å²) >= 11 is 0. The summed E-state index contributed by atoms with van der Waals surface area (Å²) in [6.07, 6.45) is 4.70. The van der Waals surface area contributed by atoms with Gasteiger partial charge in [-0.3, -0.25) is 24.1 Å². The minimum Gasteiger partial charge on any atom is -0.454 e. The fourth-order valence-electron chi connectivity index (χ4n) is 4.03. The minimum absolute atomic E-state index is 0.0213. The Morgan fingerprint density at radius 3 is 2.48 bits per heavy atom. The maximum atomic E-state index is 15.1. The van der Waals surface area contributed by atoms with Gasteiger partial charge in [0.05, 0.1) is 24.0 Å². The Bertz CT molecular complexity index is 1850. The third-order valence-electron chi connectivity index (χ3n) is 6.22. The maximum absolute atomic E-state index is 15.1. The second-order valence-electron chi connectivity index (χ2n) is 9.99. The van der Waals surface area contributed by atoms with E-state index < -0.39 is 40.9 Å². The van der Waals surface area contributed by atoms with Crippen molar-refractivity contribution >= 4 is 23.4 Å². The number of aliphatic hydroxyl groups is 1. The molecule has 0 saturated heterocycles. The van der Waals surface area contributed by atoms with Crippen LogP contribution in [0, 0.1) is 11.6 Å². The van der Waals surface area contributed by atoms with Gasteiger partial charge in [-0.15, -0.1) is 0 Å². The Morgan fingerprint density at radius 2 is 1.84 bits per heavy atom. The standard InChI is InChI=1S/C31H30F2N6O5/c1-18(2)38-17-25(30(42)39(31(38)43)23-7-4-21(32)5-8-23)29(41)37-22-6-9-28(26(33)12-22)44-24-10-11-36-27(13-24)20(14-34)16-35-15-19(3)40/h4-14,16-19,40H,15,34H2,1-3H3,(H,37,41). The van der Waals surface area contributed by atoms with E-state index in [2.05, 4.69) is 15.3 Å². The quantitative estimate of drug-likeness (QED) is 0.231. The van der Waals surface area contributed by atoms with E-state index in [-0.39, 0.29) is 35.0 Å². The van der Waals surface area contributed by atoms with Crippen molar-refractivity contribution in [2.45, 2.75) is 32.9 Å². The molecule has 13 heteroatoms. The molecular weight excluding hydrogens is 574 g/mol. The molecule has 1 unspecified atom stereocenters. The van der Waals surface area contributed by atoms with E-state index in [0.717, 1.165) is 29.0 Å². The number of allylic oxidation sites excluding steroid dienone is 1. The van der Waals surface area contributed by atoms with Crippen LogP contribution in [-0.4, -0.2) is 44.0 Å². The van der Waals surface area contributed by atoms with Crippen LogP contribution in [-0.2, 0) is 0 Å². The van der Waals surface area contributed by atoms with Crippen LogP contribution in [0.5, 0.6) is 11.5 Å². The monoisotopic (exact) mass is 604 g/mol. The molecule has 11 nitrogen and oxygen atoms in total. The van der Waals surface area contributed by atoms with E-state index >= 15 is 4.39 Å². The molecule has 0 spiro atoms. The number of ether oxygens (including phenoxy) is 1. The molecule has 228 valence electrons. The van der Waals surface area contributed by atoms with Crippen molar-refractivity contribution < 1.29 is 23.4 Å². The van der Waals surface area contributed by atoms with Gasteiger partial charge < -0.3 is 20.9 Å². The highest BCUT2D eigenvalue weighted by Gasteiger charge is 2.20. The number of nitrogens with two attached hydrogens (primary N) is 1. The van der Waals surface area contributed by atoms with Gasteiger partial charge in [0.2, 0.25) is 0 Å². The van der Waals surface area contributed by atoms with Gasteiger partial charge in [-0.1, -0.05) is 0 Å². The Labute approximate surface area is 250 Å². The zero-order valence-electron chi connectivity index (χ0n) is 24.1. The normalized spacial score (nSPS) is 12.5. The minimum atomic E-state index is -0.924. The van der Waals surface area contributed by atoms with Crippen LogP contribution in [0.1, 0.15) is 42.9 Å². The van der Waals surface area contributed by atoms with Gasteiger partial charge in [-0.05, 0) is 63.2 Å². The number of anilines is 1. The molecule has 1 amide bonds. The van der Waals surface area contributed by atoms with Crippen LogP contribution >= 0.6 is 0 Å². The first kappa shape index (κ1) is 31.5. The number of aliphatic hydroxyl groups excluding tert-OH is 1. The van der Waals surface area contributed by atoms with Crippen molar-refractivity contribution in [1.29, 1.82) is 0 Å². The van der Waals surface area contributed by atoms with Gasteiger partial charge in [-0.2, -0.15) is 0 Å². The fraction of sp³-hybridized carbons (Fsp3) is 0.194. The lowest BCUT2D eigenvalue weighted by Gasteiger charge is -2.16. The Hall–Kier alpha value is -5.43. The summed E-state index contributed by atoms with van der Waals surface area (Å²) in [5.74, 6) is -2.18. The van der Waals surface area contributed by atoms with E-state index in [4.69, 9.17) is 10.5 Å². The predicted octanol–water partition coefficient (Wildman–Crippen LogP) is 4.05. The van der Waals surface area contributed by atoms with E-state index in [1.165, 1.54) is 59.6 Å². The first-order valence-corrected chi connectivity index (χ1v) is 13.5. The number of pyridine rings is 1. The van der Waals surface area contributed by atoms with E-state index in [1.807, 2.05) is 0 Å². The largest absolute Gasteiger partial charge is 0.454 e. The molecule has 44 heavy (non-hydrogen) atoms. The zero-order chi connectivity index (χ0) is 32.0. The lowest BCUT2D eigenvalue weighted by molar-refractivity contribution is 0.102. The predicted molar refractivity (Wildman–Crippen MR) is 163 cm³/mol. The molecule has 4 rings (SSSR count). The first-order chi connectivity index (χ1) is 21.0. The summed E-state index contributed by atoms with van der Waals surface area (Å²) in [7, 11) is 0. The topological polar surface area (TPSA) is 154 Å². The molecule has 2 aromatic carbocycles. The average molecular weight is 605 g/mol. The van der Waals surface area contributed by atoms with Gasteiger partial charge in [-0.25, -0.2) is 18.1 Å². The number of carbonyl (C=O) groups excluding carboxylic acids is 1. The van der Waals surface area contributed by atoms with Crippen LogP contribution in [0.4, 0.5) is 14.5 Å². The molecule has 0 bridgehead atoms. The van der Waals surface area contributed by atoms with E-state index in [9.17, 15) is 23.9 Å². The number of aromatic nitrogens is 3. The smallest absolute Gasteiger partial charge is 0.335 e. The van der Waals surface area contributed by atoms with Crippen molar-refractivity contribution in [3.8, 4) is 17.2 Å². The van der Waals surface area contributed by atoms with Crippen molar-refractivity contribution in [2.24, 2.45) is 10.7 Å². The maximum Gasteiger partial charge on any atom is 0.335 e. The summed E-state index contributed by atoms with van der Waals surface area (Å²) in [4.78, 5) is 47.8. The van der Waals surface area contributed by atoms with Crippen LogP contribution in [0.3, 0.4) is 0 Å². The van der Waals surface area contributed by atoms with Crippen molar-refractivity contribution in [3.05, 3.63) is 117 Å². The number of rotatable bonds is 10. The molecule has 2 aromatic heterocycles. The lowest BCUT2D eigenvalue weighted by Crippen LogP contribution is -2.42. The number of nitrogens with one attached hydrogen (secondary N) is 1. The fourth-order valence-corrected chi connectivity index (χ4v) is 4.03. The van der Waals surface area contributed by atoms with Crippen LogP contribution < -0.4 is 27.0 Å². The van der Waals surface area contributed by atoms with Gasteiger partial charge in [0.25, 0.3) is 11.5 Å². The Kier molecular flexibility index (Phi) is 9.81. The molecule has 2 heterocycles. The second kappa shape index (κ2) is 13.7. The highest BCUT2D eigenvalue weighted by atomic mass is 19.1. The molecule has 0 aliphatic rings. The number of hydrogen-bond acceptors (Lipinski definition) is 8. The summed E-state index contributed by atoms with van der Waals surface area (Å²) in [6, 6.07) is 11.0. The first-order valence-electron chi connectivity index (χ1n) is 13.5. The summed E-state index contributed by atoms with van der Waals surface area (Å²) in [5.41, 5.74) is 4.63. The molecule has 0 aliphatic carbocycles. The number of aliphatic imine (C=N–C) groups is 1. The third kappa shape index (κ3) is 7.31. The van der Waals surface area contributed by atoms with Gasteiger partial charge in [0.1, 0.15) is 17.1 Å². The van der Waals surface area contributed by atoms with Gasteiger partial charge in [0.15, 0.2) is 11.6 Å². The third-order valence-corrected chi connectivity index (χ3v) is 6.22. The lowest BCUT2D eigenvalue weighted by atomic mass is 10.2. The highest BCUT2D eigenvalue weighted by molar-refractivity contribution is 6.09. The SMILES string of the molecule is CC(O)CN=CC(=CN)c1cc(Oc2ccc(NC(=O)c3cn(C(C)C)c(=O)n(-c4ccc(F)cc4)c3=O)cc2F)ccn1. The number of benzene rings is 2. The molecule has 4 N–H and O–H groups in total. The molecule has 1 atom stereocenters.